The first-order valence-electron chi connectivity index (χ1n) is 13.1. The van der Waals surface area contributed by atoms with E-state index in [-0.39, 0.29) is 5.41 Å². The third kappa shape index (κ3) is 4.80. The second-order valence-electron chi connectivity index (χ2n) is 10.9. The lowest BCUT2D eigenvalue weighted by molar-refractivity contribution is 0.0395. The van der Waals surface area contributed by atoms with Crippen LogP contribution in [0.1, 0.15) is 29.8 Å². The number of pyridine rings is 2. The number of fused-ring (bicyclic) bond motifs is 1. The monoisotopic (exact) mass is 627 g/mol. The van der Waals surface area contributed by atoms with Crippen molar-refractivity contribution in [3.63, 3.8) is 0 Å². The van der Waals surface area contributed by atoms with Crippen LogP contribution in [0.4, 0.5) is 5.82 Å². The number of nitrogens with one attached hydrogen (secondary N) is 1. The summed E-state index contributed by atoms with van der Waals surface area (Å²) in [7, 11) is -1.63. The van der Waals surface area contributed by atoms with E-state index in [9.17, 15) is 13.7 Å². The molecule has 2 saturated heterocycles. The molecule has 1 atom stereocenters. The van der Waals surface area contributed by atoms with E-state index < -0.39 is 16.1 Å². The van der Waals surface area contributed by atoms with Crippen molar-refractivity contribution in [2.75, 3.05) is 44.4 Å². The minimum Gasteiger partial charge on any atom is -0.493 e. The zero-order valence-electron chi connectivity index (χ0n) is 23.3. The number of methoxy groups -OCH3 is 1. The Labute approximate surface area is 253 Å². The summed E-state index contributed by atoms with van der Waals surface area (Å²) >= 11 is 12.9. The Hall–Kier alpha value is -3.63. The second-order valence-corrected chi connectivity index (χ2v) is 13.7. The van der Waals surface area contributed by atoms with Gasteiger partial charge < -0.3 is 14.4 Å². The summed E-state index contributed by atoms with van der Waals surface area (Å²) in [5.41, 5.74) is 3.57. The Balaban J connectivity index is 1.28. The quantitative estimate of drug-likeness (QED) is 0.308. The molecule has 6 rings (SSSR count). The molecule has 14 heteroatoms. The lowest BCUT2D eigenvalue weighted by Crippen LogP contribution is -2.73. The van der Waals surface area contributed by atoms with Crippen molar-refractivity contribution < 1.29 is 17.9 Å². The maximum Gasteiger partial charge on any atom is 0.211 e. The standard InChI is InChI=1S/C28H27Cl2N7O4S/c1-15-25(30)24(20(29)10-32-15)16(2)41-23-6-19-21(7-22(23)40-3)34-35-26(19)18-5-17(8-31)27(33-9-18)36-11-28(12-36)13-37(14-28)42(4,38)39/h5-7,9-10,16H,11-14H2,1-4H3,(H,34,35). The molecule has 1 unspecified atom stereocenters. The van der Waals surface area contributed by atoms with E-state index in [1.54, 1.807) is 38.6 Å². The smallest absolute Gasteiger partial charge is 0.211 e. The second kappa shape index (κ2) is 10.3. The average molecular weight is 629 g/mol. The van der Waals surface area contributed by atoms with Crippen molar-refractivity contribution in [1.82, 2.24) is 24.5 Å². The van der Waals surface area contributed by atoms with Crippen molar-refractivity contribution in [2.45, 2.75) is 20.0 Å². The number of rotatable bonds is 7. The molecule has 1 aromatic carbocycles. The van der Waals surface area contributed by atoms with E-state index in [4.69, 9.17) is 32.7 Å². The number of aryl methyl sites for hydroxylation is 1. The Kier molecular flexibility index (Phi) is 6.97. The Morgan fingerprint density at radius 3 is 2.52 bits per heavy atom. The van der Waals surface area contributed by atoms with Gasteiger partial charge >= 0.3 is 0 Å². The van der Waals surface area contributed by atoms with Gasteiger partial charge in [-0.2, -0.15) is 10.4 Å². The zero-order chi connectivity index (χ0) is 30.0. The molecular weight excluding hydrogens is 601 g/mol. The molecule has 42 heavy (non-hydrogen) atoms. The van der Waals surface area contributed by atoms with Crippen LogP contribution in [-0.2, 0) is 10.0 Å². The van der Waals surface area contributed by atoms with E-state index in [0.29, 0.717) is 87.1 Å². The summed E-state index contributed by atoms with van der Waals surface area (Å²) in [6.45, 7) is 5.93. The van der Waals surface area contributed by atoms with Crippen molar-refractivity contribution in [1.29, 1.82) is 5.26 Å². The highest BCUT2D eigenvalue weighted by molar-refractivity contribution is 7.88. The predicted octanol–water partition coefficient (Wildman–Crippen LogP) is 4.74. The van der Waals surface area contributed by atoms with Gasteiger partial charge in [-0.25, -0.2) is 17.7 Å². The third-order valence-corrected chi connectivity index (χ3v) is 9.82. The summed E-state index contributed by atoms with van der Waals surface area (Å²) < 4.78 is 36.9. The van der Waals surface area contributed by atoms with Gasteiger partial charge in [-0.05, 0) is 26.0 Å². The van der Waals surface area contributed by atoms with Crippen LogP contribution in [0.25, 0.3) is 22.2 Å². The van der Waals surface area contributed by atoms with Crippen LogP contribution < -0.4 is 14.4 Å². The molecule has 0 radical (unpaired) electrons. The van der Waals surface area contributed by atoms with E-state index in [1.807, 2.05) is 17.9 Å². The molecule has 2 aliphatic rings. The topological polar surface area (TPSA) is 137 Å². The number of anilines is 1. The van der Waals surface area contributed by atoms with Crippen LogP contribution in [0.2, 0.25) is 10.0 Å². The van der Waals surface area contributed by atoms with Gasteiger partial charge in [0.25, 0.3) is 0 Å². The van der Waals surface area contributed by atoms with E-state index in [0.717, 1.165) is 5.39 Å². The van der Waals surface area contributed by atoms with Crippen LogP contribution in [0.15, 0.2) is 30.6 Å². The number of hydrogen-bond donors (Lipinski definition) is 1. The summed E-state index contributed by atoms with van der Waals surface area (Å²) in [6.07, 6.45) is 3.95. The van der Waals surface area contributed by atoms with Gasteiger partial charge in [0, 0.05) is 66.6 Å². The zero-order valence-corrected chi connectivity index (χ0v) is 25.6. The molecule has 3 aromatic heterocycles. The molecule has 5 heterocycles. The Morgan fingerprint density at radius 1 is 1.12 bits per heavy atom. The highest BCUT2D eigenvalue weighted by Gasteiger charge is 2.54. The van der Waals surface area contributed by atoms with E-state index in [2.05, 4.69) is 26.2 Å². The molecule has 1 N–H and O–H groups in total. The Morgan fingerprint density at radius 2 is 1.86 bits per heavy atom. The van der Waals surface area contributed by atoms with Crippen LogP contribution in [-0.4, -0.2) is 72.4 Å². The van der Waals surface area contributed by atoms with Crippen molar-refractivity contribution in [2.24, 2.45) is 5.41 Å². The van der Waals surface area contributed by atoms with Crippen molar-refractivity contribution in [3.8, 4) is 28.8 Å². The molecule has 218 valence electrons. The number of halogens is 2. The molecule has 0 saturated carbocycles. The SMILES string of the molecule is COc1cc2[nH]nc(-c3cnc(N4CC5(C4)CN(S(C)(=O)=O)C5)c(C#N)c3)c2cc1OC(C)c1c(Cl)cnc(C)c1Cl. The molecule has 2 fully saturated rings. The van der Waals surface area contributed by atoms with Gasteiger partial charge in [0.1, 0.15) is 23.7 Å². The first-order valence-corrected chi connectivity index (χ1v) is 15.7. The lowest BCUT2D eigenvalue weighted by atomic mass is 9.74. The van der Waals surface area contributed by atoms with Crippen molar-refractivity contribution in [3.05, 3.63) is 57.5 Å². The maximum atomic E-state index is 11.8. The fourth-order valence-electron chi connectivity index (χ4n) is 5.67. The fraction of sp³-hybridized carbons (Fsp3) is 0.357. The maximum absolute atomic E-state index is 11.8. The fourth-order valence-corrected chi connectivity index (χ4v) is 7.34. The van der Waals surface area contributed by atoms with E-state index in [1.165, 1.54) is 10.6 Å². The normalized spacial score (nSPS) is 17.0. The van der Waals surface area contributed by atoms with Gasteiger partial charge in [0.05, 0.1) is 40.2 Å². The number of hydrogen-bond acceptors (Lipinski definition) is 9. The largest absolute Gasteiger partial charge is 0.493 e. The molecule has 1 spiro atoms. The van der Waals surface area contributed by atoms with Crippen LogP contribution in [0, 0.1) is 23.7 Å². The molecule has 11 nitrogen and oxygen atoms in total. The summed E-state index contributed by atoms with van der Waals surface area (Å²) in [4.78, 5) is 10.8. The highest BCUT2D eigenvalue weighted by Crippen LogP contribution is 2.44. The number of H-pyrrole nitrogens is 1. The van der Waals surface area contributed by atoms with Gasteiger partial charge in [-0.15, -0.1) is 0 Å². The Bertz CT molecular complexity index is 1880. The van der Waals surface area contributed by atoms with Gasteiger partial charge in [0.2, 0.25) is 10.0 Å². The number of nitriles is 1. The third-order valence-electron chi connectivity index (χ3n) is 7.85. The minimum atomic E-state index is -3.19. The number of nitrogens with zero attached hydrogens (tertiary/aromatic N) is 6. The first kappa shape index (κ1) is 28.5. The van der Waals surface area contributed by atoms with E-state index >= 15 is 0 Å². The molecule has 0 aliphatic carbocycles. The summed E-state index contributed by atoms with van der Waals surface area (Å²) in [5, 5.41) is 19.1. The highest BCUT2D eigenvalue weighted by atomic mass is 35.5. The minimum absolute atomic E-state index is 0.0788. The lowest BCUT2D eigenvalue weighted by Gasteiger charge is -2.59. The van der Waals surface area contributed by atoms with Gasteiger partial charge in [0.15, 0.2) is 11.5 Å². The number of aromatic amines is 1. The van der Waals surface area contributed by atoms with Gasteiger partial charge in [-0.1, -0.05) is 23.2 Å². The van der Waals surface area contributed by atoms with Crippen LogP contribution >= 0.6 is 23.2 Å². The molecular formula is C28H27Cl2N7O4S. The average Bonchev–Trinajstić information content (AvgIpc) is 3.31. The number of benzene rings is 1. The molecule has 0 amide bonds. The number of aromatic nitrogens is 4. The van der Waals surface area contributed by atoms with Gasteiger partial charge in [-0.3, -0.25) is 10.1 Å². The predicted molar refractivity (Wildman–Crippen MR) is 160 cm³/mol. The number of sulfonamides is 1. The number of ether oxygens (including phenoxy) is 2. The molecule has 0 bridgehead atoms. The summed E-state index contributed by atoms with van der Waals surface area (Å²) in [5.74, 6) is 1.53. The van der Waals surface area contributed by atoms with Crippen LogP contribution in [0.3, 0.4) is 0 Å². The van der Waals surface area contributed by atoms with Crippen LogP contribution in [0.5, 0.6) is 11.5 Å². The first-order chi connectivity index (χ1) is 19.9. The molecule has 4 aromatic rings. The molecule has 2 aliphatic heterocycles. The van der Waals surface area contributed by atoms with Crippen molar-refractivity contribution >= 4 is 49.9 Å². The summed E-state index contributed by atoms with van der Waals surface area (Å²) in [6, 6.07) is 7.63.